The highest BCUT2D eigenvalue weighted by molar-refractivity contribution is 7.08. The first-order chi connectivity index (χ1) is 12.0. The molecular formula is C19H24FN3OS. The first kappa shape index (κ1) is 17.9. The van der Waals surface area contributed by atoms with E-state index in [0.29, 0.717) is 5.96 Å². The number of guanidine groups is 1. The van der Waals surface area contributed by atoms with E-state index in [-0.39, 0.29) is 24.3 Å². The zero-order chi connectivity index (χ0) is 17.9. The molecule has 3 rings (SSSR count). The van der Waals surface area contributed by atoms with Gasteiger partial charge in [0, 0.05) is 18.5 Å². The fraction of sp³-hybridized carbons (Fsp3) is 0.421. The summed E-state index contributed by atoms with van der Waals surface area (Å²) in [6.07, 6.45) is 0.881. The van der Waals surface area contributed by atoms with Crippen LogP contribution in [0.2, 0.25) is 0 Å². The van der Waals surface area contributed by atoms with Crippen LogP contribution in [-0.4, -0.2) is 30.2 Å². The van der Waals surface area contributed by atoms with Crippen molar-refractivity contribution >= 4 is 17.3 Å². The fourth-order valence-corrected chi connectivity index (χ4v) is 3.65. The summed E-state index contributed by atoms with van der Waals surface area (Å²) in [7, 11) is 0. The summed E-state index contributed by atoms with van der Waals surface area (Å²) in [5.74, 6) is 0.670. The van der Waals surface area contributed by atoms with Crippen LogP contribution in [0.15, 0.2) is 46.1 Å². The molecule has 4 nitrogen and oxygen atoms in total. The van der Waals surface area contributed by atoms with Crippen molar-refractivity contribution < 1.29 is 9.50 Å². The van der Waals surface area contributed by atoms with Gasteiger partial charge in [-0.25, -0.2) is 9.38 Å². The Bertz CT molecular complexity index is 730. The molecule has 3 atom stereocenters. The molecule has 25 heavy (non-hydrogen) atoms. The molecule has 0 amide bonds. The number of hydrogen-bond donors (Lipinski definition) is 3. The average molecular weight is 361 g/mol. The van der Waals surface area contributed by atoms with E-state index in [1.54, 1.807) is 24.3 Å². The summed E-state index contributed by atoms with van der Waals surface area (Å²) in [4.78, 5) is 4.53. The fourth-order valence-electron chi connectivity index (χ4n) is 2.86. The second kappa shape index (κ2) is 7.54. The molecule has 1 aliphatic carbocycles. The predicted octanol–water partition coefficient (Wildman–Crippen LogP) is 3.21. The van der Waals surface area contributed by atoms with Crippen molar-refractivity contribution in [2.75, 3.05) is 13.1 Å². The zero-order valence-corrected chi connectivity index (χ0v) is 15.3. The quantitative estimate of drug-likeness (QED) is 0.547. The predicted molar refractivity (Wildman–Crippen MR) is 101 cm³/mol. The van der Waals surface area contributed by atoms with Gasteiger partial charge < -0.3 is 15.7 Å². The summed E-state index contributed by atoms with van der Waals surface area (Å²) in [5, 5.41) is 21.0. The second-order valence-electron chi connectivity index (χ2n) is 6.60. The average Bonchev–Trinajstić information content (AvgIpc) is 3.10. The molecule has 0 spiro atoms. The number of halogens is 1. The minimum atomic E-state index is -1.00. The molecule has 134 valence electrons. The number of thiophene rings is 1. The molecule has 3 N–H and O–H groups in total. The molecule has 3 unspecified atom stereocenters. The molecule has 0 bridgehead atoms. The normalized spacial score (nSPS) is 22.3. The van der Waals surface area contributed by atoms with E-state index in [1.807, 2.05) is 35.9 Å². The third-order valence-corrected chi connectivity index (χ3v) is 5.13. The van der Waals surface area contributed by atoms with Gasteiger partial charge in [-0.1, -0.05) is 18.2 Å². The van der Waals surface area contributed by atoms with E-state index >= 15 is 0 Å². The number of aliphatic hydroxyl groups is 1. The van der Waals surface area contributed by atoms with Crippen molar-refractivity contribution in [3.63, 3.8) is 0 Å². The Hall–Kier alpha value is -1.92. The maximum Gasteiger partial charge on any atom is 0.191 e. The molecule has 0 saturated heterocycles. The molecule has 1 aliphatic rings. The van der Waals surface area contributed by atoms with Crippen molar-refractivity contribution in [3.05, 3.63) is 58.0 Å². The highest BCUT2D eigenvalue weighted by atomic mass is 32.1. The van der Waals surface area contributed by atoms with Crippen LogP contribution >= 0.6 is 11.3 Å². The Morgan fingerprint density at radius 3 is 2.88 bits per heavy atom. The first-order valence-corrected chi connectivity index (χ1v) is 9.50. The SMILES string of the molecule is CCNC(=NCC(C)(O)c1ccsc1)NC1CC1c1ccccc1F. The van der Waals surface area contributed by atoms with Gasteiger partial charge in [-0.05, 0) is 54.3 Å². The number of benzene rings is 1. The van der Waals surface area contributed by atoms with Crippen LogP contribution in [0.5, 0.6) is 0 Å². The standard InChI is InChI=1S/C19H24FN3OS/c1-3-21-18(22-12-19(2,24)13-8-9-25-11-13)23-17-10-15(17)14-6-4-5-7-16(14)20/h4-9,11,15,17,24H,3,10,12H2,1-2H3,(H2,21,22,23). The molecular weight excluding hydrogens is 337 g/mol. The smallest absolute Gasteiger partial charge is 0.191 e. The molecule has 1 aromatic carbocycles. The van der Waals surface area contributed by atoms with Gasteiger partial charge in [0.15, 0.2) is 5.96 Å². The molecule has 2 aromatic rings. The van der Waals surface area contributed by atoms with Crippen LogP contribution in [-0.2, 0) is 5.60 Å². The van der Waals surface area contributed by atoms with Crippen molar-refractivity contribution in [3.8, 4) is 0 Å². The Morgan fingerprint density at radius 1 is 1.40 bits per heavy atom. The monoisotopic (exact) mass is 361 g/mol. The van der Waals surface area contributed by atoms with Crippen LogP contribution in [0, 0.1) is 5.82 Å². The van der Waals surface area contributed by atoms with Gasteiger partial charge in [0.1, 0.15) is 11.4 Å². The minimum Gasteiger partial charge on any atom is -0.383 e. The topological polar surface area (TPSA) is 56.7 Å². The van der Waals surface area contributed by atoms with E-state index in [1.165, 1.54) is 6.07 Å². The van der Waals surface area contributed by atoms with Gasteiger partial charge in [0.2, 0.25) is 0 Å². The second-order valence-corrected chi connectivity index (χ2v) is 7.38. The van der Waals surface area contributed by atoms with Gasteiger partial charge >= 0.3 is 0 Å². The van der Waals surface area contributed by atoms with Crippen LogP contribution in [0.4, 0.5) is 4.39 Å². The van der Waals surface area contributed by atoms with Gasteiger partial charge in [-0.3, -0.25) is 0 Å². The third kappa shape index (κ3) is 4.38. The number of rotatable bonds is 6. The highest BCUT2D eigenvalue weighted by Gasteiger charge is 2.40. The van der Waals surface area contributed by atoms with Gasteiger partial charge in [0.05, 0.1) is 6.54 Å². The molecule has 1 aromatic heterocycles. The van der Waals surface area contributed by atoms with E-state index in [2.05, 4.69) is 15.6 Å². The molecule has 0 radical (unpaired) electrons. The Labute approximate surface area is 151 Å². The van der Waals surface area contributed by atoms with Crippen molar-refractivity contribution in [2.45, 2.75) is 37.8 Å². The van der Waals surface area contributed by atoms with E-state index in [4.69, 9.17) is 0 Å². The lowest BCUT2D eigenvalue weighted by atomic mass is 10.00. The molecule has 1 heterocycles. The number of aliphatic imine (C=N–C) groups is 1. The van der Waals surface area contributed by atoms with Crippen LogP contribution < -0.4 is 10.6 Å². The molecule has 0 aliphatic heterocycles. The van der Waals surface area contributed by atoms with Crippen molar-refractivity contribution in [1.82, 2.24) is 10.6 Å². The summed E-state index contributed by atoms with van der Waals surface area (Å²) in [5.41, 5.74) is 0.616. The summed E-state index contributed by atoms with van der Waals surface area (Å²) >= 11 is 1.56. The third-order valence-electron chi connectivity index (χ3n) is 4.45. The Kier molecular flexibility index (Phi) is 5.39. The lowest BCUT2D eigenvalue weighted by Gasteiger charge is -2.21. The van der Waals surface area contributed by atoms with Crippen molar-refractivity contribution in [1.29, 1.82) is 0 Å². The largest absolute Gasteiger partial charge is 0.383 e. The maximum atomic E-state index is 13.9. The zero-order valence-electron chi connectivity index (χ0n) is 14.5. The van der Waals surface area contributed by atoms with Crippen LogP contribution in [0.25, 0.3) is 0 Å². The number of hydrogen-bond acceptors (Lipinski definition) is 3. The summed E-state index contributed by atoms with van der Waals surface area (Å²) < 4.78 is 13.9. The highest BCUT2D eigenvalue weighted by Crippen LogP contribution is 2.41. The minimum absolute atomic E-state index is 0.154. The Balaban J connectivity index is 1.63. The number of nitrogens with one attached hydrogen (secondary N) is 2. The van der Waals surface area contributed by atoms with Gasteiger partial charge in [0.25, 0.3) is 0 Å². The van der Waals surface area contributed by atoms with Gasteiger partial charge in [-0.15, -0.1) is 0 Å². The van der Waals surface area contributed by atoms with Gasteiger partial charge in [-0.2, -0.15) is 11.3 Å². The van der Waals surface area contributed by atoms with Crippen molar-refractivity contribution in [2.24, 2.45) is 4.99 Å². The van der Waals surface area contributed by atoms with Crippen LogP contribution in [0.3, 0.4) is 0 Å². The molecule has 6 heteroatoms. The van der Waals surface area contributed by atoms with Crippen LogP contribution in [0.1, 0.15) is 37.3 Å². The van der Waals surface area contributed by atoms with E-state index < -0.39 is 5.60 Å². The van der Waals surface area contributed by atoms with E-state index in [0.717, 1.165) is 24.1 Å². The lowest BCUT2D eigenvalue weighted by Crippen LogP contribution is -2.40. The van der Waals surface area contributed by atoms with E-state index in [9.17, 15) is 9.50 Å². The lowest BCUT2D eigenvalue weighted by molar-refractivity contribution is 0.0677. The molecule has 1 fully saturated rings. The number of nitrogens with zero attached hydrogens (tertiary/aromatic N) is 1. The molecule has 1 saturated carbocycles. The summed E-state index contributed by atoms with van der Waals surface area (Å²) in [6.45, 7) is 4.75. The Morgan fingerprint density at radius 2 is 2.20 bits per heavy atom. The summed E-state index contributed by atoms with van der Waals surface area (Å²) in [6, 6.07) is 9.00. The first-order valence-electron chi connectivity index (χ1n) is 8.55. The maximum absolute atomic E-state index is 13.9.